The smallest absolute Gasteiger partial charge is 0.411 e. The van der Waals surface area contributed by atoms with Crippen LogP contribution in [0.15, 0.2) is 29.2 Å². The monoisotopic (exact) mass is 425 g/mol. The van der Waals surface area contributed by atoms with Crippen molar-refractivity contribution in [2.45, 2.75) is 36.7 Å². The number of rotatable bonds is 6. The van der Waals surface area contributed by atoms with Crippen molar-refractivity contribution in [1.29, 1.82) is 0 Å². The Morgan fingerprint density at radius 2 is 1.97 bits per heavy atom. The molecule has 0 radical (unpaired) electrons. The van der Waals surface area contributed by atoms with Crippen LogP contribution in [0.1, 0.15) is 25.7 Å². The van der Waals surface area contributed by atoms with Crippen molar-refractivity contribution in [3.05, 3.63) is 24.3 Å². The number of nitrogens with zero attached hydrogens (tertiary/aromatic N) is 1. The molecular formula is C19H27N3O6S. The molecule has 0 aromatic heterocycles. The molecule has 2 amide bonds. The van der Waals surface area contributed by atoms with Crippen molar-refractivity contribution >= 4 is 27.7 Å². The van der Waals surface area contributed by atoms with Crippen LogP contribution in [0.3, 0.4) is 0 Å². The summed E-state index contributed by atoms with van der Waals surface area (Å²) in [5, 5.41) is 5.38. The van der Waals surface area contributed by atoms with E-state index in [9.17, 15) is 18.0 Å². The Balaban J connectivity index is 1.60. The second kappa shape index (κ2) is 9.55. The molecule has 3 rings (SSSR count). The molecular weight excluding hydrogens is 398 g/mol. The van der Waals surface area contributed by atoms with Gasteiger partial charge in [0.05, 0.1) is 24.0 Å². The lowest BCUT2D eigenvalue weighted by Gasteiger charge is -2.31. The van der Waals surface area contributed by atoms with Crippen LogP contribution in [-0.2, 0) is 24.3 Å². The zero-order valence-electron chi connectivity index (χ0n) is 16.4. The molecule has 160 valence electrons. The maximum absolute atomic E-state index is 13.0. The fraction of sp³-hybridized carbons (Fsp3) is 0.579. The van der Waals surface area contributed by atoms with Crippen LogP contribution in [0.5, 0.6) is 0 Å². The highest BCUT2D eigenvalue weighted by Crippen LogP contribution is 2.25. The first-order chi connectivity index (χ1) is 13.9. The van der Waals surface area contributed by atoms with E-state index in [2.05, 4.69) is 15.4 Å². The summed E-state index contributed by atoms with van der Waals surface area (Å²) in [6.07, 6.45) is 2.65. The zero-order valence-corrected chi connectivity index (χ0v) is 17.2. The molecule has 2 atom stereocenters. The van der Waals surface area contributed by atoms with Gasteiger partial charge in [0.1, 0.15) is 0 Å². The van der Waals surface area contributed by atoms with Crippen LogP contribution in [0, 0.1) is 5.92 Å². The van der Waals surface area contributed by atoms with Crippen molar-refractivity contribution in [3.8, 4) is 0 Å². The van der Waals surface area contributed by atoms with Crippen LogP contribution >= 0.6 is 0 Å². The standard InChI is InChI=1S/C19H27N3O6S/c1-27-19(24)21-15-6-8-17(9-7-15)29(25,26)22-10-2-4-14(13-22)18(23)20-12-16-5-3-11-28-16/h6-9,14,16H,2-5,10-13H2,1H3,(H,20,23)(H,21,24)/t14-,16+/m1/s1. The lowest BCUT2D eigenvalue weighted by molar-refractivity contribution is -0.126. The highest BCUT2D eigenvalue weighted by Gasteiger charge is 2.33. The summed E-state index contributed by atoms with van der Waals surface area (Å²) in [7, 11) is -2.48. The molecule has 10 heteroatoms. The van der Waals surface area contributed by atoms with Crippen LogP contribution < -0.4 is 10.6 Å². The number of carbonyl (C=O) groups is 2. The van der Waals surface area contributed by atoms with Gasteiger partial charge in [-0.25, -0.2) is 13.2 Å². The number of carbonyl (C=O) groups excluding carboxylic acids is 2. The summed E-state index contributed by atoms with van der Waals surface area (Å²) in [6, 6.07) is 5.86. The maximum Gasteiger partial charge on any atom is 0.411 e. The molecule has 0 spiro atoms. The van der Waals surface area contributed by atoms with E-state index in [1.54, 1.807) is 0 Å². The quantitative estimate of drug-likeness (QED) is 0.715. The lowest BCUT2D eigenvalue weighted by atomic mass is 9.99. The van der Waals surface area contributed by atoms with Gasteiger partial charge in [0.15, 0.2) is 0 Å². The molecule has 0 aliphatic carbocycles. The zero-order chi connectivity index (χ0) is 20.9. The van der Waals surface area contributed by atoms with Gasteiger partial charge in [0.25, 0.3) is 0 Å². The average Bonchev–Trinajstić information content (AvgIpc) is 3.26. The molecule has 1 aromatic carbocycles. The van der Waals surface area contributed by atoms with Crippen molar-refractivity contribution in [1.82, 2.24) is 9.62 Å². The molecule has 0 unspecified atom stereocenters. The summed E-state index contributed by atoms with van der Waals surface area (Å²) in [6.45, 7) is 1.72. The first-order valence-electron chi connectivity index (χ1n) is 9.74. The molecule has 2 aliphatic rings. The summed E-state index contributed by atoms with van der Waals surface area (Å²) < 4.78 is 37.3. The fourth-order valence-electron chi connectivity index (χ4n) is 3.57. The number of methoxy groups -OCH3 is 1. The molecule has 2 saturated heterocycles. The third-order valence-electron chi connectivity index (χ3n) is 5.21. The van der Waals surface area contributed by atoms with E-state index in [4.69, 9.17) is 4.74 Å². The Hall–Kier alpha value is -2.17. The molecule has 2 N–H and O–H groups in total. The van der Waals surface area contributed by atoms with E-state index in [1.807, 2.05) is 0 Å². The molecule has 2 heterocycles. The van der Waals surface area contributed by atoms with Gasteiger partial charge in [0, 0.05) is 31.9 Å². The molecule has 1 aromatic rings. The van der Waals surface area contributed by atoms with E-state index in [-0.39, 0.29) is 29.4 Å². The van der Waals surface area contributed by atoms with Crippen LogP contribution in [0.25, 0.3) is 0 Å². The van der Waals surface area contributed by atoms with Gasteiger partial charge in [-0.15, -0.1) is 0 Å². The summed E-state index contributed by atoms with van der Waals surface area (Å²) in [5.74, 6) is -0.502. The molecule has 2 fully saturated rings. The fourth-order valence-corrected chi connectivity index (χ4v) is 5.09. The Kier molecular flexibility index (Phi) is 7.09. The van der Waals surface area contributed by atoms with Gasteiger partial charge in [-0.05, 0) is 49.9 Å². The SMILES string of the molecule is COC(=O)Nc1ccc(S(=O)(=O)N2CCC[C@@H](C(=O)NC[C@@H]3CCCO3)C2)cc1. The predicted octanol–water partition coefficient (Wildman–Crippen LogP) is 1.56. The Morgan fingerprint density at radius 1 is 1.21 bits per heavy atom. The summed E-state index contributed by atoms with van der Waals surface area (Å²) in [4.78, 5) is 23.9. The Bertz CT molecular complexity index is 821. The van der Waals surface area contributed by atoms with Crippen molar-refractivity contribution in [3.63, 3.8) is 0 Å². The number of anilines is 1. The minimum absolute atomic E-state index is 0.0551. The third-order valence-corrected chi connectivity index (χ3v) is 7.09. The first-order valence-corrected chi connectivity index (χ1v) is 11.2. The lowest BCUT2D eigenvalue weighted by Crippen LogP contribution is -2.46. The number of piperidine rings is 1. The molecule has 9 nitrogen and oxygen atoms in total. The maximum atomic E-state index is 13.0. The van der Waals surface area contributed by atoms with Crippen molar-refractivity contribution in [2.75, 3.05) is 38.7 Å². The van der Waals surface area contributed by atoms with Gasteiger partial charge in [-0.2, -0.15) is 4.31 Å². The first kappa shape index (κ1) is 21.5. The summed E-state index contributed by atoms with van der Waals surface area (Å²) in [5.41, 5.74) is 0.431. The molecule has 0 bridgehead atoms. The van der Waals surface area contributed by atoms with Crippen molar-refractivity contribution < 1.29 is 27.5 Å². The number of hydrogen-bond acceptors (Lipinski definition) is 6. The third kappa shape index (κ3) is 5.46. The van der Waals surface area contributed by atoms with Gasteiger partial charge >= 0.3 is 6.09 Å². The number of amides is 2. The van der Waals surface area contributed by atoms with E-state index < -0.39 is 16.1 Å². The summed E-state index contributed by atoms with van der Waals surface area (Å²) >= 11 is 0. The van der Waals surface area contributed by atoms with Crippen LogP contribution in [0.2, 0.25) is 0 Å². The number of hydrogen-bond donors (Lipinski definition) is 2. The van der Waals surface area contributed by atoms with E-state index >= 15 is 0 Å². The molecule has 2 aliphatic heterocycles. The minimum atomic E-state index is -3.73. The Labute approximate surface area is 170 Å². The van der Waals surface area contributed by atoms with Gasteiger partial charge in [0.2, 0.25) is 15.9 Å². The number of nitrogens with one attached hydrogen (secondary N) is 2. The van der Waals surface area contributed by atoms with Crippen molar-refractivity contribution in [2.24, 2.45) is 5.92 Å². The number of benzene rings is 1. The average molecular weight is 426 g/mol. The topological polar surface area (TPSA) is 114 Å². The molecule has 0 saturated carbocycles. The second-order valence-electron chi connectivity index (χ2n) is 7.22. The van der Waals surface area contributed by atoms with Crippen LogP contribution in [-0.4, -0.2) is 64.2 Å². The molecule has 29 heavy (non-hydrogen) atoms. The minimum Gasteiger partial charge on any atom is -0.453 e. The second-order valence-corrected chi connectivity index (χ2v) is 9.16. The predicted molar refractivity (Wildman–Crippen MR) is 106 cm³/mol. The largest absolute Gasteiger partial charge is 0.453 e. The van der Waals surface area contributed by atoms with E-state index in [0.29, 0.717) is 31.6 Å². The van der Waals surface area contributed by atoms with Gasteiger partial charge in [-0.3, -0.25) is 10.1 Å². The Morgan fingerprint density at radius 3 is 2.62 bits per heavy atom. The van der Waals surface area contributed by atoms with E-state index in [1.165, 1.54) is 35.7 Å². The highest BCUT2D eigenvalue weighted by atomic mass is 32.2. The van der Waals surface area contributed by atoms with Crippen LogP contribution in [0.4, 0.5) is 10.5 Å². The van der Waals surface area contributed by atoms with E-state index in [0.717, 1.165) is 19.4 Å². The highest BCUT2D eigenvalue weighted by molar-refractivity contribution is 7.89. The van der Waals surface area contributed by atoms with Gasteiger partial charge < -0.3 is 14.8 Å². The van der Waals surface area contributed by atoms with Gasteiger partial charge in [-0.1, -0.05) is 0 Å². The normalized spacial score (nSPS) is 22.8. The number of ether oxygens (including phenoxy) is 2. The number of sulfonamides is 1.